The summed E-state index contributed by atoms with van der Waals surface area (Å²) < 4.78 is 25.5. The van der Waals surface area contributed by atoms with Gasteiger partial charge in [-0.05, 0) is 48.6 Å². The van der Waals surface area contributed by atoms with Crippen LogP contribution in [-0.2, 0) is 22.4 Å². The quantitative estimate of drug-likeness (QED) is 0.387. The number of nitrogens with one attached hydrogen (secondary N) is 2. The number of hydrogen-bond acceptors (Lipinski definition) is 7. The van der Waals surface area contributed by atoms with E-state index in [-0.39, 0.29) is 43.1 Å². The van der Waals surface area contributed by atoms with Gasteiger partial charge in [0.15, 0.2) is 5.75 Å². The van der Waals surface area contributed by atoms with Crippen LogP contribution in [0.1, 0.15) is 34.3 Å². The fraction of sp³-hybridized carbons (Fsp3) is 0.429. The molecule has 2 saturated heterocycles. The number of pyridine rings is 2. The molecule has 1 aromatic carbocycles. The Bertz CT molecular complexity index is 1430. The SMILES string of the molecule is O=C(NCC1CCCO1)c1c(O)c2ncc(Cc3ccc(F)cc3)cc2n(CCNC(=O)N2CCOCC2)c1=O. The van der Waals surface area contributed by atoms with Gasteiger partial charge in [-0.15, -0.1) is 0 Å². The first-order chi connectivity index (χ1) is 19.4. The summed E-state index contributed by atoms with van der Waals surface area (Å²) in [5.41, 5.74) is 0.853. The number of rotatable bonds is 8. The number of nitrogens with zero attached hydrogens (tertiary/aromatic N) is 3. The van der Waals surface area contributed by atoms with Gasteiger partial charge in [-0.25, -0.2) is 9.18 Å². The summed E-state index contributed by atoms with van der Waals surface area (Å²) in [5.74, 6) is -1.57. The van der Waals surface area contributed by atoms with Crippen molar-refractivity contribution in [2.75, 3.05) is 46.0 Å². The summed E-state index contributed by atoms with van der Waals surface area (Å²) in [5, 5.41) is 16.5. The Morgan fingerprint density at radius 1 is 1.10 bits per heavy atom. The van der Waals surface area contributed by atoms with Crippen LogP contribution in [0.3, 0.4) is 0 Å². The van der Waals surface area contributed by atoms with Crippen LogP contribution in [0.25, 0.3) is 11.0 Å². The maximum absolute atomic E-state index is 13.6. The lowest BCUT2D eigenvalue weighted by Crippen LogP contribution is -2.47. The molecular weight excluding hydrogens is 521 g/mol. The molecule has 4 heterocycles. The van der Waals surface area contributed by atoms with Crippen molar-refractivity contribution >= 4 is 23.0 Å². The van der Waals surface area contributed by atoms with Gasteiger partial charge >= 0.3 is 6.03 Å². The van der Waals surface area contributed by atoms with E-state index in [4.69, 9.17) is 9.47 Å². The van der Waals surface area contributed by atoms with E-state index < -0.39 is 22.8 Å². The largest absolute Gasteiger partial charge is 0.505 e. The number of morpholine rings is 1. The maximum Gasteiger partial charge on any atom is 0.317 e. The normalized spacial score (nSPS) is 17.2. The van der Waals surface area contributed by atoms with E-state index in [1.165, 1.54) is 16.7 Å². The van der Waals surface area contributed by atoms with Crippen LogP contribution in [0.15, 0.2) is 41.3 Å². The van der Waals surface area contributed by atoms with E-state index >= 15 is 0 Å². The Hall–Kier alpha value is -4.03. The number of amides is 3. The molecule has 40 heavy (non-hydrogen) atoms. The summed E-state index contributed by atoms with van der Waals surface area (Å²) in [7, 11) is 0. The second-order valence-corrected chi connectivity index (χ2v) is 9.87. The molecule has 2 fully saturated rings. The van der Waals surface area contributed by atoms with Gasteiger partial charge in [0.25, 0.3) is 11.5 Å². The van der Waals surface area contributed by atoms with Crippen molar-refractivity contribution in [2.24, 2.45) is 0 Å². The van der Waals surface area contributed by atoms with E-state index in [1.807, 2.05) is 0 Å². The van der Waals surface area contributed by atoms with E-state index in [2.05, 4.69) is 15.6 Å². The highest BCUT2D eigenvalue weighted by Crippen LogP contribution is 2.26. The smallest absolute Gasteiger partial charge is 0.317 e. The number of aromatic hydroxyl groups is 1. The number of carbonyl (C=O) groups excluding carboxylic acids is 2. The topological polar surface area (TPSA) is 135 Å². The molecule has 1 unspecified atom stereocenters. The Balaban J connectivity index is 1.44. The number of ether oxygens (including phenoxy) is 2. The first-order valence-electron chi connectivity index (χ1n) is 13.4. The Labute approximate surface area is 229 Å². The van der Waals surface area contributed by atoms with Gasteiger partial charge in [0.05, 0.1) is 24.8 Å². The summed E-state index contributed by atoms with van der Waals surface area (Å²) in [6, 6.07) is 7.49. The van der Waals surface area contributed by atoms with Crippen molar-refractivity contribution in [1.29, 1.82) is 0 Å². The van der Waals surface area contributed by atoms with Crippen molar-refractivity contribution in [2.45, 2.75) is 31.9 Å². The molecule has 0 spiro atoms. The molecule has 2 aliphatic heterocycles. The number of carbonyl (C=O) groups is 2. The first kappa shape index (κ1) is 27.5. The molecule has 0 radical (unpaired) electrons. The molecule has 1 atom stereocenters. The standard InChI is InChI=1S/C28H32FN5O6/c29-20-5-3-18(4-6-20)14-19-15-22-24(31-16-19)25(35)23(26(36)32-17-21-2-1-11-40-21)27(37)34(22)8-7-30-28(38)33-9-12-39-13-10-33/h3-6,15-16,21,35H,1-2,7-14,17H2,(H,30,38)(H,32,36). The van der Waals surface area contributed by atoms with E-state index in [0.717, 1.165) is 24.0 Å². The Morgan fingerprint density at radius 2 is 1.88 bits per heavy atom. The van der Waals surface area contributed by atoms with Gasteiger partial charge in [0.2, 0.25) is 0 Å². The summed E-state index contributed by atoms with van der Waals surface area (Å²) >= 11 is 0. The minimum atomic E-state index is -0.719. The van der Waals surface area contributed by atoms with Crippen molar-refractivity contribution in [3.05, 3.63) is 69.4 Å². The van der Waals surface area contributed by atoms with Crippen LogP contribution in [0.2, 0.25) is 0 Å². The number of halogens is 1. The number of urea groups is 1. The fourth-order valence-corrected chi connectivity index (χ4v) is 4.96. The molecule has 3 amide bonds. The van der Waals surface area contributed by atoms with Crippen molar-refractivity contribution < 1.29 is 28.6 Å². The number of hydrogen-bond donors (Lipinski definition) is 3. The zero-order valence-electron chi connectivity index (χ0n) is 22.0. The van der Waals surface area contributed by atoms with Gasteiger partial charge in [0.1, 0.15) is 16.9 Å². The molecule has 11 nitrogen and oxygen atoms in total. The molecule has 0 saturated carbocycles. The molecule has 3 N–H and O–H groups in total. The summed E-state index contributed by atoms with van der Waals surface area (Å²) in [6.45, 7) is 2.85. The monoisotopic (exact) mass is 553 g/mol. The lowest BCUT2D eigenvalue weighted by atomic mass is 10.1. The van der Waals surface area contributed by atoms with Gasteiger partial charge in [-0.3, -0.25) is 14.6 Å². The third kappa shape index (κ3) is 6.23. The molecule has 212 valence electrons. The van der Waals surface area contributed by atoms with Gasteiger partial charge in [-0.1, -0.05) is 12.1 Å². The molecule has 5 rings (SSSR count). The number of aromatic nitrogens is 2. The average molecular weight is 554 g/mol. The van der Waals surface area contributed by atoms with Crippen LogP contribution in [-0.4, -0.2) is 83.6 Å². The molecule has 2 aliphatic rings. The molecule has 2 aromatic heterocycles. The van der Waals surface area contributed by atoms with Crippen LogP contribution in [0, 0.1) is 5.82 Å². The predicted octanol–water partition coefficient (Wildman–Crippen LogP) is 1.78. The maximum atomic E-state index is 13.6. The molecule has 0 aliphatic carbocycles. The van der Waals surface area contributed by atoms with E-state index in [1.54, 1.807) is 29.3 Å². The highest BCUT2D eigenvalue weighted by molar-refractivity contribution is 6.01. The molecule has 12 heteroatoms. The number of benzene rings is 1. The Morgan fingerprint density at radius 3 is 2.60 bits per heavy atom. The second-order valence-electron chi connectivity index (χ2n) is 9.87. The van der Waals surface area contributed by atoms with Crippen LogP contribution >= 0.6 is 0 Å². The van der Waals surface area contributed by atoms with Crippen LogP contribution < -0.4 is 16.2 Å². The van der Waals surface area contributed by atoms with Crippen molar-refractivity contribution in [1.82, 2.24) is 25.1 Å². The van der Waals surface area contributed by atoms with Gasteiger partial charge in [-0.2, -0.15) is 0 Å². The molecule has 0 bridgehead atoms. The van der Waals surface area contributed by atoms with Crippen molar-refractivity contribution in [3.63, 3.8) is 0 Å². The average Bonchev–Trinajstić information content (AvgIpc) is 3.49. The lowest BCUT2D eigenvalue weighted by Gasteiger charge is -2.27. The van der Waals surface area contributed by atoms with Gasteiger partial charge in [0, 0.05) is 45.5 Å². The molecular formula is C28H32FN5O6. The van der Waals surface area contributed by atoms with Crippen molar-refractivity contribution in [3.8, 4) is 5.75 Å². The lowest BCUT2D eigenvalue weighted by molar-refractivity contribution is 0.0532. The highest BCUT2D eigenvalue weighted by atomic mass is 19.1. The fourth-order valence-electron chi connectivity index (χ4n) is 4.96. The minimum absolute atomic E-state index is 0.0411. The van der Waals surface area contributed by atoms with E-state index in [9.17, 15) is 23.9 Å². The van der Waals surface area contributed by atoms with Crippen LogP contribution in [0.5, 0.6) is 5.75 Å². The third-order valence-electron chi connectivity index (χ3n) is 7.11. The Kier molecular flexibility index (Phi) is 8.56. The highest BCUT2D eigenvalue weighted by Gasteiger charge is 2.25. The second kappa shape index (κ2) is 12.4. The number of fused-ring (bicyclic) bond motifs is 1. The first-order valence-corrected chi connectivity index (χ1v) is 13.4. The third-order valence-corrected chi connectivity index (χ3v) is 7.11. The molecule has 3 aromatic rings. The van der Waals surface area contributed by atoms with Gasteiger partial charge < -0.3 is 34.7 Å². The zero-order valence-corrected chi connectivity index (χ0v) is 22.0. The summed E-state index contributed by atoms with van der Waals surface area (Å²) in [6.07, 6.45) is 3.52. The zero-order chi connectivity index (χ0) is 28.1. The van der Waals surface area contributed by atoms with E-state index in [0.29, 0.717) is 44.8 Å². The van der Waals surface area contributed by atoms with Crippen LogP contribution in [0.4, 0.5) is 9.18 Å². The predicted molar refractivity (Wildman–Crippen MR) is 144 cm³/mol. The minimum Gasteiger partial charge on any atom is -0.505 e. The summed E-state index contributed by atoms with van der Waals surface area (Å²) in [4.78, 5) is 45.3.